The van der Waals surface area contributed by atoms with Crippen LogP contribution < -0.4 is 10.9 Å². The molecule has 0 aliphatic heterocycles. The minimum Gasteiger partial charge on any atom is -0.362 e. The normalized spacial score (nSPS) is 12.2. The lowest BCUT2D eigenvalue weighted by molar-refractivity contribution is 0.618. The van der Waals surface area contributed by atoms with Crippen LogP contribution in [0.1, 0.15) is 18.5 Å². The molecule has 7 heteroatoms. The molecule has 31 heavy (non-hydrogen) atoms. The quantitative estimate of drug-likeness (QED) is 0.467. The van der Waals surface area contributed by atoms with E-state index in [4.69, 9.17) is 0 Å². The molecule has 0 spiro atoms. The Bertz CT molecular complexity index is 1460. The van der Waals surface area contributed by atoms with Crippen molar-refractivity contribution in [1.29, 1.82) is 0 Å². The number of halogens is 1. The van der Waals surface area contributed by atoms with Gasteiger partial charge in [0.05, 0.1) is 17.1 Å². The molecule has 1 atom stereocenters. The van der Waals surface area contributed by atoms with Gasteiger partial charge < -0.3 is 5.32 Å². The van der Waals surface area contributed by atoms with Crippen LogP contribution in [-0.2, 0) is 0 Å². The molecule has 0 saturated heterocycles. The number of hydrogen-bond donors (Lipinski definition) is 1. The second-order valence-electron chi connectivity index (χ2n) is 7.25. The Hall–Kier alpha value is -4.13. The monoisotopic (exact) mass is 411 g/mol. The van der Waals surface area contributed by atoms with Crippen LogP contribution in [0, 0.1) is 5.82 Å². The first-order valence-corrected chi connectivity index (χ1v) is 9.84. The number of hydrogen-bond acceptors (Lipinski definition) is 5. The van der Waals surface area contributed by atoms with Gasteiger partial charge in [-0.3, -0.25) is 14.2 Å². The van der Waals surface area contributed by atoms with Gasteiger partial charge in [-0.05, 0) is 48.4 Å². The molecule has 4 aromatic heterocycles. The van der Waals surface area contributed by atoms with Gasteiger partial charge in [-0.15, -0.1) is 0 Å². The van der Waals surface area contributed by atoms with Gasteiger partial charge in [0, 0.05) is 17.9 Å². The number of nitrogens with one attached hydrogen (secondary N) is 1. The second-order valence-corrected chi connectivity index (χ2v) is 7.25. The van der Waals surface area contributed by atoms with E-state index in [0.717, 1.165) is 16.6 Å². The Labute approximate surface area is 177 Å². The molecular weight excluding hydrogens is 393 g/mol. The Morgan fingerprint density at radius 1 is 1.00 bits per heavy atom. The predicted molar refractivity (Wildman–Crippen MR) is 118 cm³/mol. The lowest BCUT2D eigenvalue weighted by Gasteiger charge is -2.20. The lowest BCUT2D eigenvalue weighted by atomic mass is 9.96. The van der Waals surface area contributed by atoms with Crippen LogP contribution in [0.25, 0.3) is 27.7 Å². The van der Waals surface area contributed by atoms with E-state index in [0.29, 0.717) is 22.4 Å². The molecule has 0 radical (unpaired) electrons. The summed E-state index contributed by atoms with van der Waals surface area (Å²) in [6.07, 6.45) is 4.39. The lowest BCUT2D eigenvalue weighted by Crippen LogP contribution is -2.21. The average Bonchev–Trinajstić information content (AvgIpc) is 2.80. The van der Waals surface area contributed by atoms with Crippen LogP contribution >= 0.6 is 0 Å². The summed E-state index contributed by atoms with van der Waals surface area (Å²) in [5.74, 6) is 0.113. The van der Waals surface area contributed by atoms with Crippen molar-refractivity contribution in [2.75, 3.05) is 5.32 Å². The molecule has 0 amide bonds. The second kappa shape index (κ2) is 7.60. The van der Waals surface area contributed by atoms with Crippen molar-refractivity contribution < 1.29 is 4.39 Å². The average molecular weight is 411 g/mol. The molecule has 0 bridgehead atoms. The smallest absolute Gasteiger partial charge is 0.263 e. The van der Waals surface area contributed by atoms with E-state index in [1.165, 1.54) is 23.0 Å². The molecule has 4 heterocycles. The topological polar surface area (TPSA) is 72.2 Å². The largest absolute Gasteiger partial charge is 0.362 e. The molecule has 0 aliphatic carbocycles. The van der Waals surface area contributed by atoms with Crippen molar-refractivity contribution in [2.45, 2.75) is 13.0 Å². The van der Waals surface area contributed by atoms with E-state index in [1.807, 2.05) is 55.5 Å². The van der Waals surface area contributed by atoms with Gasteiger partial charge in [-0.1, -0.05) is 30.3 Å². The molecule has 5 rings (SSSR count). The highest BCUT2D eigenvalue weighted by Crippen LogP contribution is 2.29. The van der Waals surface area contributed by atoms with Gasteiger partial charge in [0.2, 0.25) is 0 Å². The summed E-state index contributed by atoms with van der Waals surface area (Å²) in [5, 5.41) is 3.38. The number of fused-ring (bicyclic) bond motifs is 2. The fourth-order valence-electron chi connectivity index (χ4n) is 3.77. The minimum atomic E-state index is -0.467. The molecule has 0 fully saturated rings. The van der Waals surface area contributed by atoms with Crippen LogP contribution in [0.5, 0.6) is 0 Å². The van der Waals surface area contributed by atoms with Crippen molar-refractivity contribution in [3.8, 4) is 11.1 Å². The molecule has 5 aromatic rings. The van der Waals surface area contributed by atoms with E-state index in [2.05, 4.69) is 20.3 Å². The summed E-state index contributed by atoms with van der Waals surface area (Å²) >= 11 is 0. The van der Waals surface area contributed by atoms with E-state index < -0.39 is 5.82 Å². The van der Waals surface area contributed by atoms with Crippen LogP contribution in [0.4, 0.5) is 10.2 Å². The number of aromatic nitrogens is 4. The van der Waals surface area contributed by atoms with Crippen molar-refractivity contribution in [3.05, 3.63) is 101 Å². The van der Waals surface area contributed by atoms with Crippen molar-refractivity contribution in [2.24, 2.45) is 0 Å². The fourth-order valence-corrected chi connectivity index (χ4v) is 3.77. The summed E-state index contributed by atoms with van der Waals surface area (Å²) in [6, 6.07) is 17.6. The first-order chi connectivity index (χ1) is 15.1. The van der Waals surface area contributed by atoms with E-state index >= 15 is 0 Å². The Morgan fingerprint density at radius 3 is 2.68 bits per heavy atom. The molecular formula is C24H18FN5O. The summed E-state index contributed by atoms with van der Waals surface area (Å²) in [6.45, 7) is 1.96. The molecule has 0 aliphatic rings. The first kappa shape index (κ1) is 18.9. The van der Waals surface area contributed by atoms with Crippen LogP contribution in [0.15, 0.2) is 84.2 Å². The highest BCUT2D eigenvalue weighted by molar-refractivity contribution is 5.84. The maximum Gasteiger partial charge on any atom is 0.263 e. The van der Waals surface area contributed by atoms with E-state index in [1.54, 1.807) is 12.3 Å². The van der Waals surface area contributed by atoms with Gasteiger partial charge in [0.25, 0.3) is 5.56 Å². The van der Waals surface area contributed by atoms with Crippen LogP contribution in [0.2, 0.25) is 0 Å². The van der Waals surface area contributed by atoms with E-state index in [-0.39, 0.29) is 11.6 Å². The zero-order valence-corrected chi connectivity index (χ0v) is 16.7. The molecule has 0 saturated carbocycles. The van der Waals surface area contributed by atoms with Crippen LogP contribution in [0.3, 0.4) is 0 Å². The SMILES string of the molecule is C[C@H](Nc1ncnc2cccnc12)c1cc2ccc(F)cn2c(=O)c1-c1ccccc1. The van der Waals surface area contributed by atoms with Gasteiger partial charge in [0.1, 0.15) is 17.7 Å². The third-order valence-electron chi connectivity index (χ3n) is 5.25. The molecule has 152 valence electrons. The van der Waals surface area contributed by atoms with Gasteiger partial charge in [-0.2, -0.15) is 0 Å². The fraction of sp³-hybridized carbons (Fsp3) is 0.0833. The predicted octanol–water partition coefficient (Wildman–Crippen LogP) is 4.62. The molecule has 1 N–H and O–H groups in total. The number of nitrogens with zero attached hydrogens (tertiary/aromatic N) is 4. The molecule has 1 aromatic carbocycles. The molecule has 6 nitrogen and oxygen atoms in total. The van der Waals surface area contributed by atoms with Gasteiger partial charge in [-0.25, -0.2) is 14.4 Å². The van der Waals surface area contributed by atoms with Crippen molar-refractivity contribution >= 4 is 22.4 Å². The minimum absolute atomic E-state index is 0.280. The number of pyridine rings is 3. The summed E-state index contributed by atoms with van der Waals surface area (Å²) in [4.78, 5) is 26.4. The van der Waals surface area contributed by atoms with Crippen LogP contribution in [-0.4, -0.2) is 19.4 Å². The Kier molecular flexibility index (Phi) is 4.63. The zero-order chi connectivity index (χ0) is 21.4. The van der Waals surface area contributed by atoms with E-state index in [9.17, 15) is 9.18 Å². The zero-order valence-electron chi connectivity index (χ0n) is 16.7. The number of rotatable bonds is 4. The third kappa shape index (κ3) is 3.40. The van der Waals surface area contributed by atoms with Crippen molar-refractivity contribution in [3.63, 3.8) is 0 Å². The van der Waals surface area contributed by atoms with Gasteiger partial charge in [0.15, 0.2) is 5.82 Å². The summed E-state index contributed by atoms with van der Waals surface area (Å²) < 4.78 is 15.2. The standard InChI is InChI=1S/C24H18FN5O/c1-15(29-23-22-20(27-14-28-23)8-5-11-26-22)19-12-18-10-9-17(25)13-30(18)24(31)21(19)16-6-3-2-4-7-16/h2-15H,1H3,(H,27,28,29)/t15-/m0/s1. The number of anilines is 1. The highest BCUT2D eigenvalue weighted by Gasteiger charge is 2.19. The Balaban J connectivity index is 1.69. The number of benzene rings is 1. The first-order valence-electron chi connectivity index (χ1n) is 9.84. The highest BCUT2D eigenvalue weighted by atomic mass is 19.1. The maximum absolute atomic E-state index is 13.9. The maximum atomic E-state index is 13.9. The summed E-state index contributed by atoms with van der Waals surface area (Å²) in [5.41, 5.74) is 3.76. The summed E-state index contributed by atoms with van der Waals surface area (Å²) in [7, 11) is 0. The van der Waals surface area contributed by atoms with Gasteiger partial charge >= 0.3 is 0 Å². The third-order valence-corrected chi connectivity index (χ3v) is 5.25. The molecule has 0 unspecified atom stereocenters. The Morgan fingerprint density at radius 2 is 1.84 bits per heavy atom. The van der Waals surface area contributed by atoms with Crippen molar-refractivity contribution in [1.82, 2.24) is 19.4 Å².